The van der Waals surface area contributed by atoms with Crippen LogP contribution in [-0.4, -0.2) is 28.4 Å². The third-order valence-electron chi connectivity index (χ3n) is 3.53. The Hall–Kier alpha value is -3.33. The number of thiazole rings is 1. The van der Waals surface area contributed by atoms with Crippen LogP contribution in [0.2, 0.25) is 0 Å². The van der Waals surface area contributed by atoms with Crippen LogP contribution in [0.15, 0.2) is 63.9 Å². The van der Waals surface area contributed by atoms with Crippen LogP contribution in [0.4, 0.5) is 0 Å². The standard InChI is InChI=1S/C18H17N5O3S/c19-22-17(23-20-11-3-6-16(24)25)12-7-9-13(10-8-12)26-18-21-14-4-1-2-5-15(14)27-18/h1-2,4-5,7-10H,3,6,11,19H2,(H,24,25). The van der Waals surface area contributed by atoms with Gasteiger partial charge in [-0.25, -0.2) is 4.98 Å². The first-order valence-electron chi connectivity index (χ1n) is 8.17. The fourth-order valence-electron chi connectivity index (χ4n) is 2.24. The van der Waals surface area contributed by atoms with Crippen molar-refractivity contribution in [2.45, 2.75) is 12.8 Å². The van der Waals surface area contributed by atoms with Crippen molar-refractivity contribution in [2.24, 2.45) is 21.2 Å². The number of carboxylic acid groups (broad SMARTS) is 1. The molecule has 0 radical (unpaired) electrons. The zero-order valence-corrected chi connectivity index (χ0v) is 15.1. The molecule has 0 unspecified atom stereocenters. The summed E-state index contributed by atoms with van der Waals surface area (Å²) in [5.41, 5.74) is 1.58. The Morgan fingerprint density at radius 3 is 2.67 bits per heavy atom. The first-order valence-corrected chi connectivity index (χ1v) is 8.98. The molecular formula is C18H17N5O3S. The van der Waals surface area contributed by atoms with E-state index in [0.29, 0.717) is 29.5 Å². The highest BCUT2D eigenvalue weighted by Gasteiger charge is 2.07. The topological polar surface area (TPSA) is 123 Å². The summed E-state index contributed by atoms with van der Waals surface area (Å²) in [6, 6.07) is 14.9. The molecule has 0 spiro atoms. The van der Waals surface area contributed by atoms with E-state index in [1.165, 1.54) is 11.3 Å². The van der Waals surface area contributed by atoms with Gasteiger partial charge < -0.3 is 15.7 Å². The predicted octanol–water partition coefficient (Wildman–Crippen LogP) is 4.03. The minimum atomic E-state index is -0.860. The van der Waals surface area contributed by atoms with Gasteiger partial charge in [0.1, 0.15) is 5.75 Å². The number of azo groups is 1. The molecule has 138 valence electrons. The maximum absolute atomic E-state index is 10.5. The number of nitrogens with zero attached hydrogens (tertiary/aromatic N) is 4. The highest BCUT2D eigenvalue weighted by molar-refractivity contribution is 7.20. The minimum Gasteiger partial charge on any atom is -0.481 e. The van der Waals surface area contributed by atoms with Crippen LogP contribution in [0.5, 0.6) is 10.9 Å². The number of fused-ring (bicyclic) bond motifs is 1. The summed E-state index contributed by atoms with van der Waals surface area (Å²) in [7, 11) is 0. The van der Waals surface area contributed by atoms with E-state index < -0.39 is 5.97 Å². The Morgan fingerprint density at radius 2 is 1.96 bits per heavy atom. The lowest BCUT2D eigenvalue weighted by atomic mass is 10.2. The summed E-state index contributed by atoms with van der Waals surface area (Å²) in [5.74, 6) is 5.41. The van der Waals surface area contributed by atoms with Gasteiger partial charge in [0, 0.05) is 12.0 Å². The first kappa shape index (κ1) is 18.5. The third kappa shape index (κ3) is 5.08. The third-order valence-corrected chi connectivity index (χ3v) is 4.44. The summed E-state index contributed by atoms with van der Waals surface area (Å²) in [4.78, 5) is 14.9. The number of aromatic nitrogens is 1. The average Bonchev–Trinajstić information content (AvgIpc) is 3.07. The second-order valence-corrected chi connectivity index (χ2v) is 6.48. The van der Waals surface area contributed by atoms with Crippen molar-refractivity contribution in [1.29, 1.82) is 0 Å². The maximum Gasteiger partial charge on any atom is 0.303 e. The van der Waals surface area contributed by atoms with E-state index in [1.54, 1.807) is 24.3 Å². The van der Waals surface area contributed by atoms with E-state index in [4.69, 9.17) is 15.7 Å². The van der Waals surface area contributed by atoms with Crippen molar-refractivity contribution in [3.05, 3.63) is 54.1 Å². The Balaban J connectivity index is 1.63. The summed E-state index contributed by atoms with van der Waals surface area (Å²) >= 11 is 1.47. The van der Waals surface area contributed by atoms with Crippen LogP contribution >= 0.6 is 11.3 Å². The highest BCUT2D eigenvalue weighted by Crippen LogP contribution is 2.31. The van der Waals surface area contributed by atoms with E-state index in [-0.39, 0.29) is 12.3 Å². The quantitative estimate of drug-likeness (QED) is 0.159. The van der Waals surface area contributed by atoms with Crippen LogP contribution in [0.3, 0.4) is 0 Å². The van der Waals surface area contributed by atoms with Gasteiger partial charge in [-0.15, -0.1) is 5.11 Å². The van der Waals surface area contributed by atoms with Crippen molar-refractivity contribution in [2.75, 3.05) is 6.54 Å². The van der Waals surface area contributed by atoms with Crippen LogP contribution in [0, 0.1) is 0 Å². The molecule has 2 aromatic carbocycles. The molecule has 9 heteroatoms. The Kier molecular flexibility index (Phi) is 6.06. The number of benzene rings is 2. The van der Waals surface area contributed by atoms with Crippen molar-refractivity contribution in [1.82, 2.24) is 4.98 Å². The summed E-state index contributed by atoms with van der Waals surface area (Å²) in [6.45, 7) is 0.296. The van der Waals surface area contributed by atoms with Crippen LogP contribution < -0.4 is 10.6 Å². The fourth-order valence-corrected chi connectivity index (χ4v) is 3.08. The van der Waals surface area contributed by atoms with Gasteiger partial charge in [-0.1, -0.05) is 23.5 Å². The predicted molar refractivity (Wildman–Crippen MR) is 103 cm³/mol. The van der Waals surface area contributed by atoms with Gasteiger partial charge in [0.25, 0.3) is 5.19 Å². The van der Waals surface area contributed by atoms with Gasteiger partial charge in [-0.2, -0.15) is 10.2 Å². The van der Waals surface area contributed by atoms with Crippen LogP contribution in [-0.2, 0) is 4.79 Å². The monoisotopic (exact) mass is 383 g/mol. The van der Waals surface area contributed by atoms with E-state index >= 15 is 0 Å². The molecule has 3 rings (SSSR count). The second-order valence-electron chi connectivity index (χ2n) is 5.49. The maximum atomic E-state index is 10.5. The number of para-hydroxylation sites is 1. The largest absolute Gasteiger partial charge is 0.481 e. The number of nitrogens with two attached hydrogens (primary N) is 1. The molecule has 0 saturated carbocycles. The second kappa shape index (κ2) is 8.86. The molecule has 0 aliphatic heterocycles. The fraction of sp³-hybridized carbons (Fsp3) is 0.167. The number of carboxylic acids is 1. The van der Waals surface area contributed by atoms with Gasteiger partial charge in [-0.05, 0) is 42.8 Å². The minimum absolute atomic E-state index is 0.0475. The smallest absolute Gasteiger partial charge is 0.303 e. The molecule has 3 aromatic rings. The number of hydrogen-bond acceptors (Lipinski definition) is 7. The number of aliphatic carboxylic acids is 1. The molecule has 0 amide bonds. The molecule has 27 heavy (non-hydrogen) atoms. The van der Waals surface area contributed by atoms with E-state index in [9.17, 15) is 4.79 Å². The number of ether oxygens (including phenoxy) is 1. The van der Waals surface area contributed by atoms with Crippen molar-refractivity contribution in [3.63, 3.8) is 0 Å². The molecular weight excluding hydrogens is 366 g/mol. The lowest BCUT2D eigenvalue weighted by Gasteiger charge is -2.03. The van der Waals surface area contributed by atoms with Gasteiger partial charge in [-0.3, -0.25) is 4.79 Å². The van der Waals surface area contributed by atoms with Crippen molar-refractivity contribution >= 4 is 33.4 Å². The van der Waals surface area contributed by atoms with Crippen LogP contribution in [0.25, 0.3) is 10.2 Å². The number of carbonyl (C=O) groups is 1. The summed E-state index contributed by atoms with van der Waals surface area (Å²) in [6.07, 6.45) is 0.456. The SMILES string of the molecule is NN=C(N=NCCCC(=O)O)c1ccc(Oc2nc3ccccc3s2)cc1. The number of hydrogen-bond donors (Lipinski definition) is 2. The lowest BCUT2D eigenvalue weighted by Crippen LogP contribution is -2.01. The van der Waals surface area contributed by atoms with E-state index in [1.807, 2.05) is 24.3 Å². The zero-order chi connectivity index (χ0) is 19.1. The number of amidine groups is 1. The molecule has 1 heterocycles. The molecule has 0 aliphatic rings. The molecule has 0 atom stereocenters. The molecule has 0 fully saturated rings. The van der Waals surface area contributed by atoms with E-state index in [0.717, 1.165) is 10.2 Å². The summed E-state index contributed by atoms with van der Waals surface area (Å²) in [5, 5.41) is 20.6. The molecule has 0 aliphatic carbocycles. The molecule has 3 N–H and O–H groups in total. The Morgan fingerprint density at radius 1 is 1.19 bits per heavy atom. The normalized spacial score (nSPS) is 11.9. The summed E-state index contributed by atoms with van der Waals surface area (Å²) < 4.78 is 6.85. The average molecular weight is 383 g/mol. The Bertz CT molecular complexity index is 949. The van der Waals surface area contributed by atoms with Gasteiger partial charge in [0.15, 0.2) is 5.84 Å². The number of rotatable bonds is 7. The molecule has 1 aromatic heterocycles. The lowest BCUT2D eigenvalue weighted by molar-refractivity contribution is -0.137. The van der Waals surface area contributed by atoms with E-state index in [2.05, 4.69) is 20.3 Å². The Labute approximate surface area is 159 Å². The van der Waals surface area contributed by atoms with Gasteiger partial charge in [0.2, 0.25) is 0 Å². The molecule has 8 nitrogen and oxygen atoms in total. The van der Waals surface area contributed by atoms with Gasteiger partial charge >= 0.3 is 5.97 Å². The molecule has 0 saturated heterocycles. The van der Waals surface area contributed by atoms with Crippen molar-refractivity contribution in [3.8, 4) is 10.9 Å². The number of hydrazone groups is 1. The highest BCUT2D eigenvalue weighted by atomic mass is 32.1. The van der Waals surface area contributed by atoms with Crippen molar-refractivity contribution < 1.29 is 14.6 Å². The molecule has 0 bridgehead atoms. The zero-order valence-electron chi connectivity index (χ0n) is 14.3. The first-order chi connectivity index (χ1) is 13.2. The van der Waals surface area contributed by atoms with Crippen LogP contribution in [0.1, 0.15) is 18.4 Å². The van der Waals surface area contributed by atoms with Gasteiger partial charge in [0.05, 0.1) is 16.8 Å².